The molecule has 0 aliphatic carbocycles. The molecule has 0 bridgehead atoms. The van der Waals surface area contributed by atoms with Crippen LogP contribution < -0.4 is 9.62 Å². The molecule has 1 aliphatic heterocycles. The molecule has 1 aromatic carbocycles. The van der Waals surface area contributed by atoms with Crippen molar-refractivity contribution >= 4 is 49.5 Å². The molecule has 0 fully saturated rings. The molecule has 5 nitrogen and oxygen atoms in total. The van der Waals surface area contributed by atoms with Crippen LogP contribution in [0.1, 0.15) is 6.92 Å². The van der Waals surface area contributed by atoms with Crippen molar-refractivity contribution < 1.29 is 12.8 Å². The summed E-state index contributed by atoms with van der Waals surface area (Å²) in [6.45, 7) is 2.63. The third-order valence-corrected chi connectivity index (χ3v) is 7.94. The molecule has 0 saturated heterocycles. The molecule has 9 heteroatoms. The van der Waals surface area contributed by atoms with Crippen LogP contribution in [0, 0.1) is 5.82 Å². The van der Waals surface area contributed by atoms with E-state index in [2.05, 4.69) is 10.3 Å². The van der Waals surface area contributed by atoms with Gasteiger partial charge >= 0.3 is 0 Å². The van der Waals surface area contributed by atoms with Crippen molar-refractivity contribution in [3.63, 3.8) is 0 Å². The van der Waals surface area contributed by atoms with Crippen molar-refractivity contribution in [1.82, 2.24) is 0 Å². The number of hydrogen-bond acceptors (Lipinski definition) is 6. The van der Waals surface area contributed by atoms with Crippen LogP contribution in [0.2, 0.25) is 0 Å². The molecule has 0 spiro atoms. The van der Waals surface area contributed by atoms with Crippen LogP contribution in [-0.2, 0) is 10.0 Å². The molecular weight excluding hydrogens is 393 g/mol. The Morgan fingerprint density at radius 1 is 1.38 bits per heavy atom. The van der Waals surface area contributed by atoms with Crippen LogP contribution in [0.4, 0.5) is 15.8 Å². The largest absolute Gasteiger partial charge is 0.352 e. The molecule has 1 aromatic heterocycles. The molecule has 1 N–H and O–H groups in total. The van der Waals surface area contributed by atoms with Crippen molar-refractivity contribution in [2.45, 2.75) is 11.1 Å². The Morgan fingerprint density at radius 2 is 2.19 bits per heavy atom. The first-order valence-electron chi connectivity index (χ1n) is 7.86. The van der Waals surface area contributed by atoms with Gasteiger partial charge in [0, 0.05) is 25.4 Å². The van der Waals surface area contributed by atoms with Crippen molar-refractivity contribution in [1.29, 1.82) is 0 Å². The van der Waals surface area contributed by atoms with Gasteiger partial charge in [-0.1, -0.05) is 12.1 Å². The van der Waals surface area contributed by atoms with E-state index < -0.39 is 15.8 Å². The van der Waals surface area contributed by atoms with E-state index in [1.54, 1.807) is 23.2 Å². The van der Waals surface area contributed by atoms with Crippen molar-refractivity contribution in [2.75, 3.05) is 29.0 Å². The average molecular weight is 412 g/mol. The second-order valence-electron chi connectivity index (χ2n) is 5.43. The predicted octanol–water partition coefficient (Wildman–Crippen LogP) is 4.17. The van der Waals surface area contributed by atoms with Gasteiger partial charge in [0.25, 0.3) is 10.0 Å². The van der Waals surface area contributed by atoms with Crippen LogP contribution in [0.25, 0.3) is 0 Å². The SMILES string of the molecule is C/C=C(\Nc1ccc(F)cc1N(C)S(=O)(=O)c1cccs1)C1=NCCS1. The Labute approximate surface area is 160 Å². The number of thioether (sulfide) groups is 1. The number of allylic oxidation sites excluding steroid dienone is 1. The minimum absolute atomic E-state index is 0.206. The van der Waals surface area contributed by atoms with E-state index in [0.717, 1.165) is 38.7 Å². The van der Waals surface area contributed by atoms with E-state index in [-0.39, 0.29) is 9.90 Å². The van der Waals surface area contributed by atoms with Crippen LogP contribution in [0.15, 0.2) is 56.7 Å². The van der Waals surface area contributed by atoms with Gasteiger partial charge in [-0.25, -0.2) is 12.8 Å². The number of nitrogens with one attached hydrogen (secondary N) is 1. The Hall–Kier alpha value is -1.84. The van der Waals surface area contributed by atoms with Gasteiger partial charge in [0.05, 0.1) is 17.1 Å². The Bertz CT molecular complexity index is 954. The van der Waals surface area contributed by atoms with Gasteiger partial charge in [0.15, 0.2) is 0 Å². The maximum Gasteiger partial charge on any atom is 0.273 e. The lowest BCUT2D eigenvalue weighted by molar-refractivity contribution is 0.596. The topological polar surface area (TPSA) is 61.8 Å². The third-order valence-electron chi connectivity index (χ3n) is 3.78. The van der Waals surface area contributed by atoms with E-state index in [4.69, 9.17) is 0 Å². The molecule has 0 radical (unpaired) electrons. The average Bonchev–Trinajstić information content (AvgIpc) is 3.33. The van der Waals surface area contributed by atoms with E-state index in [1.807, 2.05) is 13.0 Å². The molecule has 3 rings (SSSR count). The Kier molecular flexibility index (Phi) is 5.69. The molecule has 26 heavy (non-hydrogen) atoms. The minimum atomic E-state index is -3.76. The molecule has 2 heterocycles. The standard InChI is InChI=1S/C17H18FN3O2S3/c1-3-13(17-19-8-10-25-17)20-14-7-6-12(18)11-15(14)21(2)26(22,23)16-5-4-9-24-16/h3-7,9,11,20H,8,10H2,1-2H3/b13-3-. The summed E-state index contributed by atoms with van der Waals surface area (Å²) in [5.74, 6) is 0.408. The zero-order chi connectivity index (χ0) is 18.7. The fourth-order valence-electron chi connectivity index (χ4n) is 2.44. The molecule has 138 valence electrons. The second kappa shape index (κ2) is 7.81. The van der Waals surface area contributed by atoms with Crippen molar-refractivity contribution in [3.8, 4) is 0 Å². The lowest BCUT2D eigenvalue weighted by Crippen LogP contribution is -2.27. The van der Waals surface area contributed by atoms with Crippen LogP contribution in [0.5, 0.6) is 0 Å². The fourth-order valence-corrected chi connectivity index (χ4v) is 5.69. The van der Waals surface area contributed by atoms with Gasteiger partial charge in [-0.15, -0.1) is 23.1 Å². The smallest absolute Gasteiger partial charge is 0.273 e. The predicted molar refractivity (Wildman–Crippen MR) is 108 cm³/mol. The molecule has 2 aromatic rings. The first-order chi connectivity index (χ1) is 12.4. The molecule has 0 unspecified atom stereocenters. The molecule has 0 amide bonds. The van der Waals surface area contributed by atoms with E-state index in [1.165, 1.54) is 31.3 Å². The molecular formula is C17H18FN3O2S3. The van der Waals surface area contributed by atoms with E-state index in [9.17, 15) is 12.8 Å². The minimum Gasteiger partial charge on any atom is -0.352 e. The summed E-state index contributed by atoms with van der Waals surface area (Å²) in [7, 11) is -2.34. The monoisotopic (exact) mass is 411 g/mol. The summed E-state index contributed by atoms with van der Waals surface area (Å²) in [5, 5.41) is 5.77. The van der Waals surface area contributed by atoms with Crippen LogP contribution >= 0.6 is 23.1 Å². The zero-order valence-electron chi connectivity index (χ0n) is 14.3. The van der Waals surface area contributed by atoms with Gasteiger partial charge in [0.2, 0.25) is 0 Å². The third kappa shape index (κ3) is 3.79. The highest BCUT2D eigenvalue weighted by Crippen LogP contribution is 2.33. The Morgan fingerprint density at radius 3 is 2.81 bits per heavy atom. The lowest BCUT2D eigenvalue weighted by atomic mass is 10.2. The number of anilines is 2. The molecule has 0 saturated carbocycles. The number of nitrogens with zero attached hydrogens (tertiary/aromatic N) is 2. The number of rotatable bonds is 6. The lowest BCUT2D eigenvalue weighted by Gasteiger charge is -2.23. The summed E-state index contributed by atoms with van der Waals surface area (Å²) < 4.78 is 40.8. The number of sulfonamides is 1. The van der Waals surface area contributed by atoms with Gasteiger partial charge in [0.1, 0.15) is 15.1 Å². The number of benzene rings is 1. The van der Waals surface area contributed by atoms with Gasteiger partial charge in [-0.2, -0.15) is 0 Å². The number of aliphatic imine (C=N–C) groups is 1. The maximum atomic E-state index is 13.9. The second-order valence-corrected chi connectivity index (χ2v) is 9.66. The van der Waals surface area contributed by atoms with E-state index in [0.29, 0.717) is 5.69 Å². The highest BCUT2D eigenvalue weighted by Gasteiger charge is 2.25. The molecule has 1 aliphatic rings. The zero-order valence-corrected chi connectivity index (χ0v) is 16.7. The fraction of sp³-hybridized carbons (Fsp3) is 0.235. The first kappa shape index (κ1) is 18.9. The molecule has 0 atom stereocenters. The Balaban J connectivity index is 1.98. The number of hydrogen-bond donors (Lipinski definition) is 1. The normalized spacial score (nSPS) is 15.0. The van der Waals surface area contributed by atoms with Crippen molar-refractivity contribution in [3.05, 3.63) is 53.3 Å². The summed E-state index contributed by atoms with van der Waals surface area (Å²) in [5.41, 5.74) is 1.51. The van der Waals surface area contributed by atoms with Gasteiger partial charge < -0.3 is 5.32 Å². The van der Waals surface area contributed by atoms with Crippen molar-refractivity contribution in [2.24, 2.45) is 4.99 Å². The van der Waals surface area contributed by atoms with Crippen LogP contribution in [0.3, 0.4) is 0 Å². The summed E-state index contributed by atoms with van der Waals surface area (Å²) >= 11 is 2.75. The summed E-state index contributed by atoms with van der Waals surface area (Å²) in [4.78, 5) is 4.43. The first-order valence-corrected chi connectivity index (χ1v) is 11.2. The number of thiophene rings is 1. The quantitative estimate of drug-likeness (QED) is 0.775. The van der Waals surface area contributed by atoms with Crippen LogP contribution in [-0.4, -0.2) is 32.8 Å². The summed E-state index contributed by atoms with van der Waals surface area (Å²) in [6.07, 6.45) is 1.87. The highest BCUT2D eigenvalue weighted by atomic mass is 32.2. The number of halogens is 1. The summed E-state index contributed by atoms with van der Waals surface area (Å²) in [6, 6.07) is 7.25. The van der Waals surface area contributed by atoms with Gasteiger partial charge in [-0.3, -0.25) is 9.30 Å². The highest BCUT2D eigenvalue weighted by molar-refractivity contribution is 8.14. The maximum absolute atomic E-state index is 13.9. The van der Waals surface area contributed by atoms with E-state index >= 15 is 0 Å². The van der Waals surface area contributed by atoms with Gasteiger partial charge in [-0.05, 0) is 30.5 Å².